The molecule has 0 spiro atoms. The number of carbonyl (C=O) groups is 1. The van der Waals surface area contributed by atoms with Gasteiger partial charge in [-0.1, -0.05) is 12.1 Å². The predicted molar refractivity (Wildman–Crippen MR) is 88.6 cm³/mol. The van der Waals surface area contributed by atoms with Gasteiger partial charge in [0.15, 0.2) is 0 Å². The lowest BCUT2D eigenvalue weighted by Gasteiger charge is -2.32. The Morgan fingerprint density at radius 1 is 1.35 bits per heavy atom. The van der Waals surface area contributed by atoms with Crippen molar-refractivity contribution in [2.24, 2.45) is 5.14 Å². The monoisotopic (exact) mass is 340 g/mol. The van der Waals surface area contributed by atoms with Crippen LogP contribution < -0.4 is 9.88 Å². The predicted octanol–water partition coefficient (Wildman–Crippen LogP) is 1.43. The first-order valence-corrected chi connectivity index (χ1v) is 9.56. The van der Waals surface area contributed by atoms with Crippen LogP contribution in [0.3, 0.4) is 0 Å². The lowest BCUT2D eigenvalue weighted by molar-refractivity contribution is -0.133. The fourth-order valence-corrected chi connectivity index (χ4v) is 3.23. The lowest BCUT2D eigenvalue weighted by atomic mass is 10.1. The number of primary sulfonamides is 1. The van der Waals surface area contributed by atoms with Crippen molar-refractivity contribution in [3.8, 4) is 5.75 Å². The molecule has 7 heteroatoms. The molecule has 0 radical (unpaired) electrons. The number of benzene rings is 1. The molecule has 0 bridgehead atoms. The maximum atomic E-state index is 12.0. The van der Waals surface area contributed by atoms with Gasteiger partial charge < -0.3 is 9.64 Å². The molecule has 0 aromatic heterocycles. The van der Waals surface area contributed by atoms with Crippen molar-refractivity contribution in [3.63, 3.8) is 0 Å². The first-order chi connectivity index (χ1) is 10.8. The van der Waals surface area contributed by atoms with Crippen molar-refractivity contribution in [1.82, 2.24) is 4.90 Å². The number of rotatable bonds is 6. The molecule has 6 nitrogen and oxygen atoms in total. The molecule has 1 amide bonds. The Hall–Kier alpha value is -1.60. The quantitative estimate of drug-likeness (QED) is 0.848. The maximum Gasteiger partial charge on any atom is 0.222 e. The van der Waals surface area contributed by atoms with Crippen LogP contribution in [0.25, 0.3) is 0 Å². The highest BCUT2D eigenvalue weighted by Gasteiger charge is 2.23. The van der Waals surface area contributed by atoms with Crippen LogP contribution in [-0.4, -0.2) is 44.2 Å². The molecular weight excluding hydrogens is 316 g/mol. The van der Waals surface area contributed by atoms with Gasteiger partial charge in [-0.15, -0.1) is 0 Å². The summed E-state index contributed by atoms with van der Waals surface area (Å²) < 4.78 is 27.7. The molecule has 2 rings (SSSR count). The van der Waals surface area contributed by atoms with E-state index >= 15 is 0 Å². The van der Waals surface area contributed by atoms with E-state index in [1.165, 1.54) is 0 Å². The van der Waals surface area contributed by atoms with E-state index in [2.05, 4.69) is 0 Å². The molecule has 0 atom stereocenters. The number of aryl methyl sites for hydroxylation is 1. The number of likely N-dealkylation sites (tertiary alicyclic amines) is 1. The second-order valence-corrected chi connectivity index (χ2v) is 7.72. The van der Waals surface area contributed by atoms with Gasteiger partial charge in [-0.2, -0.15) is 0 Å². The summed E-state index contributed by atoms with van der Waals surface area (Å²) in [5.74, 6) is 0.705. The fourth-order valence-electron chi connectivity index (χ4n) is 2.69. The first kappa shape index (κ1) is 17.7. The van der Waals surface area contributed by atoms with Gasteiger partial charge in [0, 0.05) is 32.4 Å². The second-order valence-electron chi connectivity index (χ2n) is 5.99. The van der Waals surface area contributed by atoms with Gasteiger partial charge in [-0.3, -0.25) is 4.79 Å². The van der Waals surface area contributed by atoms with E-state index in [4.69, 9.17) is 9.88 Å². The van der Waals surface area contributed by atoms with Crippen molar-refractivity contribution in [3.05, 3.63) is 29.8 Å². The van der Waals surface area contributed by atoms with Crippen molar-refractivity contribution < 1.29 is 17.9 Å². The molecule has 1 heterocycles. The number of ether oxygens (including phenoxy) is 1. The van der Waals surface area contributed by atoms with Crippen LogP contribution in [-0.2, 0) is 14.8 Å². The third-order valence-corrected chi connectivity index (χ3v) is 4.76. The Kier molecular flexibility index (Phi) is 6.01. The number of nitrogens with two attached hydrogens (primary N) is 1. The molecular formula is C16H24N2O4S. The zero-order valence-corrected chi connectivity index (χ0v) is 14.2. The van der Waals surface area contributed by atoms with Gasteiger partial charge in [0.2, 0.25) is 15.9 Å². The summed E-state index contributed by atoms with van der Waals surface area (Å²) in [4.78, 5) is 13.8. The van der Waals surface area contributed by atoms with Gasteiger partial charge in [0.05, 0.1) is 5.75 Å². The van der Waals surface area contributed by atoms with Crippen LogP contribution in [0.5, 0.6) is 5.75 Å². The molecule has 1 aromatic rings. The average molecular weight is 340 g/mol. The molecule has 1 saturated heterocycles. The van der Waals surface area contributed by atoms with Crippen LogP contribution in [0.2, 0.25) is 0 Å². The smallest absolute Gasteiger partial charge is 0.222 e. The van der Waals surface area contributed by atoms with E-state index in [-0.39, 0.29) is 30.6 Å². The fraction of sp³-hybridized carbons (Fsp3) is 0.562. The standard InChI is InChI=1S/C16H24N2O4S/c1-13-4-2-5-15(12-13)22-14-7-9-18(10-8-14)16(19)6-3-11-23(17,20)21/h2,4-5,12,14H,3,6-11H2,1H3,(H2,17,20,21). The Morgan fingerprint density at radius 3 is 2.65 bits per heavy atom. The highest BCUT2D eigenvalue weighted by atomic mass is 32.2. The molecule has 0 unspecified atom stereocenters. The Balaban J connectivity index is 1.74. The summed E-state index contributed by atoms with van der Waals surface area (Å²) in [6.07, 6.45) is 2.19. The van der Waals surface area contributed by atoms with E-state index < -0.39 is 10.0 Å². The molecule has 2 N–H and O–H groups in total. The molecule has 1 fully saturated rings. The summed E-state index contributed by atoms with van der Waals surface area (Å²) in [7, 11) is -3.49. The maximum absolute atomic E-state index is 12.0. The molecule has 1 aliphatic rings. The zero-order valence-electron chi connectivity index (χ0n) is 13.4. The normalized spacial score (nSPS) is 16.3. The number of hydrogen-bond donors (Lipinski definition) is 1. The minimum atomic E-state index is -3.49. The first-order valence-electron chi connectivity index (χ1n) is 7.85. The molecule has 128 valence electrons. The van der Waals surface area contributed by atoms with Crippen LogP contribution in [0.4, 0.5) is 0 Å². The van der Waals surface area contributed by atoms with E-state index in [0.29, 0.717) is 13.1 Å². The second kappa shape index (κ2) is 7.79. The minimum Gasteiger partial charge on any atom is -0.490 e. The lowest BCUT2D eigenvalue weighted by Crippen LogP contribution is -2.41. The van der Waals surface area contributed by atoms with Crippen LogP contribution in [0.1, 0.15) is 31.2 Å². The molecule has 0 saturated carbocycles. The van der Waals surface area contributed by atoms with Gasteiger partial charge in [-0.25, -0.2) is 13.6 Å². The number of amides is 1. The summed E-state index contributed by atoms with van der Waals surface area (Å²) in [6, 6.07) is 7.94. The van der Waals surface area contributed by atoms with Crippen LogP contribution >= 0.6 is 0 Å². The van der Waals surface area contributed by atoms with Gasteiger partial charge >= 0.3 is 0 Å². The van der Waals surface area contributed by atoms with E-state index in [1.54, 1.807) is 4.90 Å². The van der Waals surface area contributed by atoms with Crippen molar-refractivity contribution in [1.29, 1.82) is 0 Å². The Labute approximate surface area is 137 Å². The van der Waals surface area contributed by atoms with Crippen molar-refractivity contribution in [2.45, 2.75) is 38.7 Å². The largest absolute Gasteiger partial charge is 0.490 e. The number of piperidine rings is 1. The SMILES string of the molecule is Cc1cccc(OC2CCN(C(=O)CCCS(N)(=O)=O)CC2)c1. The topological polar surface area (TPSA) is 89.7 Å². The minimum absolute atomic E-state index is 0.0114. The van der Waals surface area contributed by atoms with Crippen molar-refractivity contribution in [2.75, 3.05) is 18.8 Å². The van der Waals surface area contributed by atoms with E-state index in [0.717, 1.165) is 24.2 Å². The summed E-state index contributed by atoms with van der Waals surface area (Å²) in [5, 5.41) is 4.93. The molecule has 1 aliphatic heterocycles. The van der Waals surface area contributed by atoms with Gasteiger partial charge in [0.1, 0.15) is 11.9 Å². The van der Waals surface area contributed by atoms with Crippen molar-refractivity contribution >= 4 is 15.9 Å². The van der Waals surface area contributed by atoms with Crippen LogP contribution in [0, 0.1) is 6.92 Å². The van der Waals surface area contributed by atoms with Crippen LogP contribution in [0.15, 0.2) is 24.3 Å². The highest BCUT2D eigenvalue weighted by Crippen LogP contribution is 2.20. The number of carbonyl (C=O) groups excluding carboxylic acids is 1. The number of nitrogens with zero attached hydrogens (tertiary/aromatic N) is 1. The summed E-state index contributed by atoms with van der Waals surface area (Å²) >= 11 is 0. The molecule has 23 heavy (non-hydrogen) atoms. The summed E-state index contributed by atoms with van der Waals surface area (Å²) in [6.45, 7) is 3.31. The molecule has 0 aliphatic carbocycles. The molecule has 1 aromatic carbocycles. The third kappa shape index (κ3) is 6.19. The summed E-state index contributed by atoms with van der Waals surface area (Å²) in [5.41, 5.74) is 1.16. The van der Waals surface area contributed by atoms with E-state index in [1.807, 2.05) is 31.2 Å². The van der Waals surface area contributed by atoms with E-state index in [9.17, 15) is 13.2 Å². The number of sulfonamides is 1. The van der Waals surface area contributed by atoms with Gasteiger partial charge in [-0.05, 0) is 31.0 Å². The third-order valence-electron chi connectivity index (χ3n) is 3.91. The highest BCUT2D eigenvalue weighted by molar-refractivity contribution is 7.89. The number of hydrogen-bond acceptors (Lipinski definition) is 4. The zero-order chi connectivity index (χ0) is 16.9. The Morgan fingerprint density at radius 2 is 2.04 bits per heavy atom. The average Bonchev–Trinajstić information content (AvgIpc) is 2.46. The Bertz CT molecular complexity index is 637. The van der Waals surface area contributed by atoms with Gasteiger partial charge in [0.25, 0.3) is 0 Å².